The molecule has 1 aromatic rings. The van der Waals surface area contributed by atoms with Crippen LogP contribution in [0.1, 0.15) is 17.2 Å². The second kappa shape index (κ2) is 5.20. The zero-order valence-corrected chi connectivity index (χ0v) is 8.90. The standard InChI is InChI=1S/C12H14O3/c1-4-11(15-12(13)14-3)10-7-5-6-9(2)8-10/h4-8,11H,1H2,2-3H3/t11-/m1/s1. The lowest BCUT2D eigenvalue weighted by molar-refractivity contribution is 0.0522. The van der Waals surface area contributed by atoms with Crippen molar-refractivity contribution in [1.29, 1.82) is 0 Å². The van der Waals surface area contributed by atoms with Crippen LogP contribution >= 0.6 is 0 Å². The predicted octanol–water partition coefficient (Wildman–Crippen LogP) is 3.01. The molecule has 0 saturated carbocycles. The Morgan fingerprint density at radius 3 is 2.80 bits per heavy atom. The van der Waals surface area contributed by atoms with Gasteiger partial charge in [-0.2, -0.15) is 0 Å². The zero-order valence-electron chi connectivity index (χ0n) is 8.90. The first-order valence-electron chi connectivity index (χ1n) is 4.61. The van der Waals surface area contributed by atoms with Crippen molar-refractivity contribution in [3.05, 3.63) is 48.0 Å². The molecule has 3 heteroatoms. The first-order valence-corrected chi connectivity index (χ1v) is 4.61. The van der Waals surface area contributed by atoms with E-state index in [0.717, 1.165) is 11.1 Å². The average Bonchev–Trinajstić information content (AvgIpc) is 2.25. The number of ether oxygens (including phenoxy) is 2. The third-order valence-electron chi connectivity index (χ3n) is 1.97. The van der Waals surface area contributed by atoms with Gasteiger partial charge >= 0.3 is 6.16 Å². The molecule has 3 nitrogen and oxygen atoms in total. The molecule has 0 fully saturated rings. The summed E-state index contributed by atoms with van der Waals surface area (Å²) in [6.07, 6.45) is 0.393. The second-order valence-electron chi connectivity index (χ2n) is 3.14. The van der Waals surface area contributed by atoms with Crippen LogP contribution in [-0.4, -0.2) is 13.3 Å². The van der Waals surface area contributed by atoms with Crippen LogP contribution in [0.15, 0.2) is 36.9 Å². The minimum atomic E-state index is -0.707. The Bertz CT molecular complexity index is 358. The van der Waals surface area contributed by atoms with Gasteiger partial charge in [0, 0.05) is 0 Å². The molecular weight excluding hydrogens is 192 g/mol. The maximum Gasteiger partial charge on any atom is 0.508 e. The fourth-order valence-corrected chi connectivity index (χ4v) is 1.25. The van der Waals surface area contributed by atoms with Gasteiger partial charge in [0.05, 0.1) is 7.11 Å². The molecule has 0 aromatic heterocycles. The lowest BCUT2D eigenvalue weighted by Crippen LogP contribution is -2.09. The fraction of sp³-hybridized carbons (Fsp3) is 0.250. The Morgan fingerprint density at radius 2 is 2.27 bits per heavy atom. The molecule has 0 saturated heterocycles. The molecule has 1 rings (SSSR count). The summed E-state index contributed by atoms with van der Waals surface area (Å²) >= 11 is 0. The summed E-state index contributed by atoms with van der Waals surface area (Å²) in [6, 6.07) is 7.70. The van der Waals surface area contributed by atoms with E-state index in [1.807, 2.05) is 31.2 Å². The number of aryl methyl sites for hydroxylation is 1. The Labute approximate surface area is 89.3 Å². The van der Waals surface area contributed by atoms with Crippen LogP contribution < -0.4 is 0 Å². The molecule has 0 spiro atoms. The first-order chi connectivity index (χ1) is 7.17. The minimum absolute atomic E-state index is 0.461. The Balaban J connectivity index is 2.83. The summed E-state index contributed by atoms with van der Waals surface area (Å²) in [4.78, 5) is 10.9. The van der Waals surface area contributed by atoms with Gasteiger partial charge < -0.3 is 9.47 Å². The molecule has 0 N–H and O–H groups in total. The minimum Gasteiger partial charge on any atom is -0.438 e. The molecule has 0 heterocycles. The largest absolute Gasteiger partial charge is 0.508 e. The summed E-state index contributed by atoms with van der Waals surface area (Å²) in [7, 11) is 1.28. The van der Waals surface area contributed by atoms with E-state index < -0.39 is 12.3 Å². The van der Waals surface area contributed by atoms with Gasteiger partial charge in [-0.1, -0.05) is 36.4 Å². The van der Waals surface area contributed by atoms with Crippen LogP contribution in [0.5, 0.6) is 0 Å². The average molecular weight is 206 g/mol. The number of methoxy groups -OCH3 is 1. The summed E-state index contributed by atoms with van der Waals surface area (Å²) in [5.74, 6) is 0. The topological polar surface area (TPSA) is 35.5 Å². The SMILES string of the molecule is C=C[C@@H](OC(=O)OC)c1cccc(C)c1. The number of carbonyl (C=O) groups is 1. The molecule has 0 bridgehead atoms. The molecule has 1 atom stereocenters. The van der Waals surface area contributed by atoms with E-state index in [9.17, 15) is 4.79 Å². The Kier molecular flexibility index (Phi) is 3.92. The smallest absolute Gasteiger partial charge is 0.438 e. The zero-order chi connectivity index (χ0) is 11.3. The lowest BCUT2D eigenvalue weighted by Gasteiger charge is -2.13. The molecular formula is C12H14O3. The van der Waals surface area contributed by atoms with E-state index in [0.29, 0.717) is 0 Å². The summed E-state index contributed by atoms with van der Waals surface area (Å²) in [5.41, 5.74) is 1.99. The molecule has 1 aromatic carbocycles. The Hall–Kier alpha value is -1.77. The normalized spacial score (nSPS) is 11.6. The summed E-state index contributed by atoms with van der Waals surface area (Å²) < 4.78 is 9.44. The van der Waals surface area contributed by atoms with Gasteiger partial charge in [-0.3, -0.25) is 0 Å². The monoisotopic (exact) mass is 206 g/mol. The highest BCUT2D eigenvalue weighted by Gasteiger charge is 2.13. The van der Waals surface area contributed by atoms with E-state index >= 15 is 0 Å². The van der Waals surface area contributed by atoms with Crippen molar-refractivity contribution >= 4 is 6.16 Å². The van der Waals surface area contributed by atoms with Gasteiger partial charge in [0.15, 0.2) is 0 Å². The number of carbonyl (C=O) groups excluding carboxylic acids is 1. The van der Waals surface area contributed by atoms with E-state index in [-0.39, 0.29) is 0 Å². The van der Waals surface area contributed by atoms with Crippen LogP contribution in [-0.2, 0) is 9.47 Å². The number of hydrogen-bond donors (Lipinski definition) is 0. The predicted molar refractivity (Wildman–Crippen MR) is 57.6 cm³/mol. The van der Waals surface area contributed by atoms with Crippen LogP contribution in [0, 0.1) is 6.92 Å². The van der Waals surface area contributed by atoms with Crippen molar-refractivity contribution in [2.75, 3.05) is 7.11 Å². The number of hydrogen-bond acceptors (Lipinski definition) is 3. The van der Waals surface area contributed by atoms with Crippen LogP contribution in [0.25, 0.3) is 0 Å². The van der Waals surface area contributed by atoms with Crippen molar-refractivity contribution in [3.8, 4) is 0 Å². The number of benzene rings is 1. The third-order valence-corrected chi connectivity index (χ3v) is 1.97. The second-order valence-corrected chi connectivity index (χ2v) is 3.14. The maximum atomic E-state index is 10.9. The molecule has 0 amide bonds. The molecule has 15 heavy (non-hydrogen) atoms. The van der Waals surface area contributed by atoms with Crippen LogP contribution in [0.4, 0.5) is 4.79 Å². The third kappa shape index (κ3) is 3.13. The van der Waals surface area contributed by atoms with Gasteiger partial charge in [0.2, 0.25) is 0 Å². The van der Waals surface area contributed by atoms with Gasteiger partial charge in [0.1, 0.15) is 6.10 Å². The van der Waals surface area contributed by atoms with Gasteiger partial charge in [0.25, 0.3) is 0 Å². The fourth-order valence-electron chi connectivity index (χ4n) is 1.25. The Morgan fingerprint density at radius 1 is 1.53 bits per heavy atom. The highest BCUT2D eigenvalue weighted by atomic mass is 16.7. The molecule has 0 radical (unpaired) electrons. The van der Waals surface area contributed by atoms with Crippen molar-refractivity contribution in [3.63, 3.8) is 0 Å². The van der Waals surface area contributed by atoms with Crippen LogP contribution in [0.3, 0.4) is 0 Å². The lowest BCUT2D eigenvalue weighted by atomic mass is 10.1. The van der Waals surface area contributed by atoms with E-state index in [2.05, 4.69) is 11.3 Å². The van der Waals surface area contributed by atoms with E-state index in [1.165, 1.54) is 7.11 Å². The van der Waals surface area contributed by atoms with Crippen molar-refractivity contribution < 1.29 is 14.3 Å². The highest BCUT2D eigenvalue weighted by molar-refractivity contribution is 5.60. The molecule has 0 aliphatic heterocycles. The summed E-state index contributed by atoms with van der Waals surface area (Å²) in [6.45, 7) is 5.60. The first kappa shape index (κ1) is 11.3. The molecule has 0 aliphatic rings. The van der Waals surface area contributed by atoms with Gasteiger partial charge in [-0.25, -0.2) is 4.79 Å². The molecule has 0 unspecified atom stereocenters. The van der Waals surface area contributed by atoms with Crippen LogP contribution in [0.2, 0.25) is 0 Å². The highest BCUT2D eigenvalue weighted by Crippen LogP contribution is 2.19. The molecule has 80 valence electrons. The van der Waals surface area contributed by atoms with Gasteiger partial charge in [-0.15, -0.1) is 0 Å². The molecule has 0 aliphatic carbocycles. The van der Waals surface area contributed by atoms with Crippen molar-refractivity contribution in [2.24, 2.45) is 0 Å². The van der Waals surface area contributed by atoms with E-state index in [1.54, 1.807) is 6.08 Å². The van der Waals surface area contributed by atoms with Gasteiger partial charge in [-0.05, 0) is 18.6 Å². The number of rotatable bonds is 3. The quantitative estimate of drug-likeness (QED) is 0.563. The van der Waals surface area contributed by atoms with E-state index in [4.69, 9.17) is 4.74 Å². The maximum absolute atomic E-state index is 10.9. The van der Waals surface area contributed by atoms with Crippen molar-refractivity contribution in [1.82, 2.24) is 0 Å². The summed E-state index contributed by atoms with van der Waals surface area (Å²) in [5, 5.41) is 0. The van der Waals surface area contributed by atoms with Crippen molar-refractivity contribution in [2.45, 2.75) is 13.0 Å².